The van der Waals surface area contributed by atoms with Crippen molar-refractivity contribution in [2.75, 3.05) is 0 Å². The molecule has 5 nitrogen and oxygen atoms in total. The summed E-state index contributed by atoms with van der Waals surface area (Å²) in [5.41, 5.74) is 1.48. The van der Waals surface area contributed by atoms with Crippen LogP contribution in [0.1, 0.15) is 63.3 Å². The molecule has 1 amide bonds. The molecule has 1 aliphatic rings. The highest BCUT2D eigenvalue weighted by molar-refractivity contribution is 5.85. The maximum atomic E-state index is 12.9. The fraction of sp³-hybridized carbons (Fsp3) is 0.440. The average Bonchev–Trinajstić information content (AvgIpc) is 3.05. The van der Waals surface area contributed by atoms with Crippen molar-refractivity contribution >= 4 is 12.1 Å². The number of amides is 1. The number of aryl methyl sites for hydroxylation is 2. The van der Waals surface area contributed by atoms with Crippen molar-refractivity contribution in [2.45, 2.75) is 70.6 Å². The Morgan fingerprint density at radius 3 is 2.13 bits per heavy atom. The average molecular weight is 410 g/mol. The predicted molar refractivity (Wildman–Crippen MR) is 116 cm³/mol. The lowest BCUT2D eigenvalue weighted by Gasteiger charge is -2.36. The van der Waals surface area contributed by atoms with E-state index >= 15 is 0 Å². The molecule has 0 aliphatic carbocycles. The van der Waals surface area contributed by atoms with Gasteiger partial charge in [-0.1, -0.05) is 54.6 Å². The van der Waals surface area contributed by atoms with Gasteiger partial charge in [0.2, 0.25) is 0 Å². The molecule has 1 heterocycles. The normalized spacial score (nSPS) is 21.5. The summed E-state index contributed by atoms with van der Waals surface area (Å²) in [7, 11) is 0. The minimum atomic E-state index is -1.28. The summed E-state index contributed by atoms with van der Waals surface area (Å²) >= 11 is 0. The minimum absolute atomic E-state index is 0.316. The summed E-state index contributed by atoms with van der Waals surface area (Å²) in [5, 5.41) is 9.83. The summed E-state index contributed by atoms with van der Waals surface area (Å²) in [5.74, 6) is -1.00. The van der Waals surface area contributed by atoms with Gasteiger partial charge in [-0.15, -0.1) is 0 Å². The van der Waals surface area contributed by atoms with Crippen LogP contribution in [0, 0.1) is 0 Å². The number of carbonyl (C=O) groups is 2. The first kappa shape index (κ1) is 21.9. The Bertz CT molecular complexity index is 886. The van der Waals surface area contributed by atoms with E-state index in [2.05, 4.69) is 24.3 Å². The molecule has 1 saturated heterocycles. The van der Waals surface area contributed by atoms with Crippen LogP contribution < -0.4 is 0 Å². The summed E-state index contributed by atoms with van der Waals surface area (Å²) in [4.78, 5) is 26.4. The van der Waals surface area contributed by atoms with Crippen LogP contribution in [0.2, 0.25) is 0 Å². The third-order valence-electron chi connectivity index (χ3n) is 5.71. The van der Waals surface area contributed by atoms with Gasteiger partial charge in [0.1, 0.15) is 11.1 Å². The van der Waals surface area contributed by atoms with Crippen molar-refractivity contribution in [3.05, 3.63) is 71.3 Å². The van der Waals surface area contributed by atoms with Crippen molar-refractivity contribution < 1.29 is 19.4 Å². The molecule has 160 valence electrons. The molecule has 0 saturated carbocycles. The molecule has 0 aromatic heterocycles. The number of rotatable bonds is 5. The number of benzene rings is 2. The number of carbonyl (C=O) groups excluding carboxylic acids is 1. The Kier molecular flexibility index (Phi) is 6.20. The third kappa shape index (κ3) is 4.84. The van der Waals surface area contributed by atoms with Gasteiger partial charge in [-0.25, -0.2) is 9.59 Å². The SMILES string of the molecule is CC(C)(C)OC(=O)N1[C@@H](c2ccc(CCc3ccccc3)cc2)CC[C@@]1(C)C(=O)O. The standard InChI is InChI=1S/C25H31NO4/c1-24(2,3)30-23(29)26-21(16-17-25(26,4)22(27)28)20-14-12-19(13-15-20)11-10-18-8-6-5-7-9-18/h5-9,12-15,21H,10-11,16-17H2,1-4H3,(H,27,28)/t21-,25+/m1/s1. The van der Waals surface area contributed by atoms with E-state index in [1.54, 1.807) is 27.7 Å². The van der Waals surface area contributed by atoms with Gasteiger partial charge in [0.15, 0.2) is 0 Å². The quantitative estimate of drug-likeness (QED) is 0.719. The van der Waals surface area contributed by atoms with Crippen LogP contribution in [0.5, 0.6) is 0 Å². The van der Waals surface area contributed by atoms with Gasteiger partial charge in [0, 0.05) is 0 Å². The highest BCUT2D eigenvalue weighted by Gasteiger charge is 2.52. The van der Waals surface area contributed by atoms with Crippen molar-refractivity contribution in [3.63, 3.8) is 0 Å². The number of hydrogen-bond donors (Lipinski definition) is 1. The van der Waals surface area contributed by atoms with Crippen LogP contribution in [0.3, 0.4) is 0 Å². The largest absolute Gasteiger partial charge is 0.480 e. The van der Waals surface area contributed by atoms with E-state index in [9.17, 15) is 14.7 Å². The number of hydrogen-bond acceptors (Lipinski definition) is 3. The van der Waals surface area contributed by atoms with E-state index in [1.807, 2.05) is 30.3 Å². The van der Waals surface area contributed by atoms with Crippen LogP contribution >= 0.6 is 0 Å². The topological polar surface area (TPSA) is 66.8 Å². The highest BCUT2D eigenvalue weighted by atomic mass is 16.6. The summed E-state index contributed by atoms with van der Waals surface area (Å²) in [6, 6.07) is 18.2. The fourth-order valence-electron chi connectivity index (χ4n) is 4.02. The zero-order valence-corrected chi connectivity index (χ0v) is 18.2. The molecular weight excluding hydrogens is 378 g/mol. The molecule has 30 heavy (non-hydrogen) atoms. The Labute approximate surface area is 178 Å². The fourth-order valence-corrected chi connectivity index (χ4v) is 4.02. The Morgan fingerprint density at radius 1 is 1.03 bits per heavy atom. The summed E-state index contributed by atoms with van der Waals surface area (Å²) in [6.07, 6.45) is 2.29. The van der Waals surface area contributed by atoms with Gasteiger partial charge in [-0.2, -0.15) is 0 Å². The Morgan fingerprint density at radius 2 is 1.60 bits per heavy atom. The van der Waals surface area contributed by atoms with E-state index in [0.29, 0.717) is 12.8 Å². The number of carboxylic acids is 1. The molecule has 1 aliphatic heterocycles. The number of carboxylic acid groups (broad SMARTS) is 1. The van der Waals surface area contributed by atoms with Gasteiger partial charge >= 0.3 is 12.1 Å². The lowest BCUT2D eigenvalue weighted by molar-refractivity contribution is -0.149. The second-order valence-corrected chi connectivity index (χ2v) is 9.21. The van der Waals surface area contributed by atoms with Gasteiger partial charge in [0.25, 0.3) is 0 Å². The molecule has 2 atom stereocenters. The van der Waals surface area contributed by atoms with Crippen molar-refractivity contribution in [1.82, 2.24) is 4.90 Å². The molecule has 0 bridgehead atoms. The van der Waals surface area contributed by atoms with E-state index in [1.165, 1.54) is 16.0 Å². The second kappa shape index (κ2) is 8.50. The first-order chi connectivity index (χ1) is 14.1. The molecule has 5 heteroatoms. The second-order valence-electron chi connectivity index (χ2n) is 9.21. The zero-order valence-electron chi connectivity index (χ0n) is 18.2. The molecule has 2 aromatic carbocycles. The van der Waals surface area contributed by atoms with Gasteiger partial charge in [0.05, 0.1) is 6.04 Å². The monoisotopic (exact) mass is 409 g/mol. The van der Waals surface area contributed by atoms with Crippen LogP contribution in [0.25, 0.3) is 0 Å². The lowest BCUT2D eigenvalue weighted by Crippen LogP contribution is -2.52. The molecular formula is C25H31NO4. The van der Waals surface area contributed by atoms with Crippen molar-refractivity contribution in [2.24, 2.45) is 0 Å². The van der Waals surface area contributed by atoms with E-state index in [4.69, 9.17) is 4.74 Å². The van der Waals surface area contributed by atoms with Crippen LogP contribution in [0.4, 0.5) is 4.79 Å². The zero-order chi connectivity index (χ0) is 21.9. The van der Waals surface area contributed by atoms with Gasteiger partial charge in [-0.3, -0.25) is 4.90 Å². The van der Waals surface area contributed by atoms with E-state index in [0.717, 1.165) is 18.4 Å². The van der Waals surface area contributed by atoms with Crippen molar-refractivity contribution in [1.29, 1.82) is 0 Å². The number of nitrogens with zero attached hydrogens (tertiary/aromatic N) is 1. The predicted octanol–water partition coefficient (Wildman–Crippen LogP) is 5.39. The highest BCUT2D eigenvalue weighted by Crippen LogP contribution is 2.43. The molecule has 3 rings (SSSR count). The van der Waals surface area contributed by atoms with E-state index in [-0.39, 0.29) is 6.04 Å². The molecule has 2 aromatic rings. The number of likely N-dealkylation sites (tertiary alicyclic amines) is 1. The summed E-state index contributed by atoms with van der Waals surface area (Å²) < 4.78 is 5.55. The van der Waals surface area contributed by atoms with Crippen LogP contribution in [-0.2, 0) is 22.4 Å². The maximum Gasteiger partial charge on any atom is 0.411 e. The maximum absolute atomic E-state index is 12.9. The summed E-state index contributed by atoms with van der Waals surface area (Å²) in [6.45, 7) is 6.97. The molecule has 1 N–H and O–H groups in total. The first-order valence-electron chi connectivity index (χ1n) is 10.5. The number of aliphatic carboxylic acids is 1. The molecule has 1 fully saturated rings. The lowest BCUT2D eigenvalue weighted by atomic mass is 9.99. The minimum Gasteiger partial charge on any atom is -0.480 e. The molecule has 0 spiro atoms. The van der Waals surface area contributed by atoms with Gasteiger partial charge < -0.3 is 9.84 Å². The van der Waals surface area contributed by atoms with Gasteiger partial charge in [-0.05, 0) is 70.1 Å². The van der Waals surface area contributed by atoms with Crippen LogP contribution in [0.15, 0.2) is 54.6 Å². The number of ether oxygens (including phenoxy) is 1. The van der Waals surface area contributed by atoms with E-state index < -0.39 is 23.2 Å². The van der Waals surface area contributed by atoms with Crippen LogP contribution in [-0.4, -0.2) is 33.2 Å². The van der Waals surface area contributed by atoms with Crippen molar-refractivity contribution in [3.8, 4) is 0 Å². The Balaban J connectivity index is 1.78. The third-order valence-corrected chi connectivity index (χ3v) is 5.71. The Hall–Kier alpha value is -2.82. The first-order valence-corrected chi connectivity index (χ1v) is 10.5. The molecule has 0 radical (unpaired) electrons. The molecule has 0 unspecified atom stereocenters. The smallest absolute Gasteiger partial charge is 0.411 e.